The van der Waals surface area contributed by atoms with E-state index in [4.69, 9.17) is 9.47 Å². The Kier molecular flexibility index (Phi) is 3.72. The minimum Gasteiger partial charge on any atom is -0.473 e. The van der Waals surface area contributed by atoms with E-state index in [1.54, 1.807) is 0 Å². The van der Waals surface area contributed by atoms with Crippen molar-refractivity contribution < 1.29 is 9.47 Å². The number of hydrogen-bond donors (Lipinski definition) is 0. The molecule has 3 nitrogen and oxygen atoms in total. The number of rotatable bonds is 5. The third-order valence-corrected chi connectivity index (χ3v) is 2.28. The highest BCUT2D eigenvalue weighted by molar-refractivity contribution is 5.94. The Morgan fingerprint density at radius 3 is 3.00 bits per heavy atom. The van der Waals surface area contributed by atoms with Gasteiger partial charge in [-0.1, -0.05) is 24.3 Å². The van der Waals surface area contributed by atoms with Gasteiger partial charge in [-0.25, -0.2) is 4.99 Å². The average molecular weight is 217 g/mol. The van der Waals surface area contributed by atoms with Gasteiger partial charge in [0.15, 0.2) is 6.23 Å². The average Bonchev–Trinajstić information content (AvgIpc) is 2.79. The van der Waals surface area contributed by atoms with Crippen molar-refractivity contribution >= 4 is 5.90 Å². The van der Waals surface area contributed by atoms with Crippen molar-refractivity contribution in [1.29, 1.82) is 0 Å². The Balaban J connectivity index is 1.93. The molecule has 84 valence electrons. The van der Waals surface area contributed by atoms with Crippen molar-refractivity contribution in [2.75, 3.05) is 13.2 Å². The van der Waals surface area contributed by atoms with Gasteiger partial charge >= 0.3 is 0 Å². The fourth-order valence-electron chi connectivity index (χ4n) is 1.47. The lowest BCUT2D eigenvalue weighted by molar-refractivity contribution is 0.0439. The maximum absolute atomic E-state index is 5.51. The van der Waals surface area contributed by atoms with Crippen LogP contribution in [0.5, 0.6) is 0 Å². The monoisotopic (exact) mass is 217 g/mol. The predicted molar refractivity (Wildman–Crippen MR) is 63.5 cm³/mol. The van der Waals surface area contributed by atoms with Gasteiger partial charge < -0.3 is 9.47 Å². The summed E-state index contributed by atoms with van der Waals surface area (Å²) in [4.78, 5) is 4.37. The van der Waals surface area contributed by atoms with Crippen LogP contribution in [-0.2, 0) is 9.47 Å². The normalized spacial score (nSPS) is 19.0. The molecular formula is C13H15NO2. The summed E-state index contributed by atoms with van der Waals surface area (Å²) in [7, 11) is 0. The Bertz CT molecular complexity index is 373. The minimum atomic E-state index is -0.171. The van der Waals surface area contributed by atoms with E-state index in [9.17, 15) is 0 Å². The molecule has 0 bridgehead atoms. The van der Waals surface area contributed by atoms with Crippen molar-refractivity contribution in [2.45, 2.75) is 12.6 Å². The zero-order valence-corrected chi connectivity index (χ0v) is 9.13. The van der Waals surface area contributed by atoms with Crippen LogP contribution in [0.2, 0.25) is 0 Å². The van der Waals surface area contributed by atoms with Gasteiger partial charge in [0.2, 0.25) is 5.90 Å². The van der Waals surface area contributed by atoms with Crippen molar-refractivity contribution in [2.24, 2.45) is 4.99 Å². The number of ether oxygens (including phenoxy) is 2. The van der Waals surface area contributed by atoms with Gasteiger partial charge in [-0.3, -0.25) is 0 Å². The van der Waals surface area contributed by atoms with E-state index in [0.717, 1.165) is 12.0 Å². The lowest BCUT2D eigenvalue weighted by Gasteiger charge is -2.04. The molecule has 1 aliphatic rings. The van der Waals surface area contributed by atoms with E-state index in [1.165, 1.54) is 0 Å². The van der Waals surface area contributed by atoms with Gasteiger partial charge in [0, 0.05) is 5.56 Å². The molecule has 1 aromatic rings. The number of aliphatic imine (C=N–C) groups is 1. The first-order chi connectivity index (χ1) is 7.90. The highest BCUT2D eigenvalue weighted by atomic mass is 16.6. The molecule has 1 unspecified atom stereocenters. The van der Waals surface area contributed by atoms with Crippen LogP contribution in [0, 0.1) is 0 Å². The third-order valence-electron chi connectivity index (χ3n) is 2.28. The van der Waals surface area contributed by atoms with E-state index in [0.29, 0.717) is 19.1 Å². The Hall–Kier alpha value is -1.61. The van der Waals surface area contributed by atoms with Gasteiger partial charge in [0.1, 0.15) is 6.61 Å². The van der Waals surface area contributed by atoms with Gasteiger partial charge in [-0.05, 0) is 18.6 Å². The second-order valence-electron chi connectivity index (χ2n) is 3.51. The summed E-state index contributed by atoms with van der Waals surface area (Å²) in [5.41, 5.74) is 0.998. The maximum atomic E-state index is 5.51. The van der Waals surface area contributed by atoms with Crippen molar-refractivity contribution in [3.8, 4) is 0 Å². The first kappa shape index (κ1) is 10.9. The molecule has 0 fully saturated rings. The zero-order chi connectivity index (χ0) is 11.2. The molecule has 0 amide bonds. The SMILES string of the molecule is C=CCCOC1COC(c2ccccc2)=N1. The number of hydrogen-bond acceptors (Lipinski definition) is 3. The molecule has 3 heteroatoms. The molecule has 0 saturated carbocycles. The minimum absolute atomic E-state index is 0.171. The van der Waals surface area contributed by atoms with E-state index in [2.05, 4.69) is 11.6 Å². The van der Waals surface area contributed by atoms with Gasteiger partial charge in [0.05, 0.1) is 6.61 Å². The molecular weight excluding hydrogens is 202 g/mol. The highest BCUT2D eigenvalue weighted by Crippen LogP contribution is 2.12. The molecule has 0 N–H and O–H groups in total. The molecule has 1 aromatic carbocycles. The van der Waals surface area contributed by atoms with Crippen molar-refractivity contribution in [3.05, 3.63) is 48.6 Å². The molecule has 2 rings (SSSR count). The zero-order valence-electron chi connectivity index (χ0n) is 9.13. The van der Waals surface area contributed by atoms with E-state index < -0.39 is 0 Å². The second-order valence-corrected chi connectivity index (χ2v) is 3.51. The first-order valence-corrected chi connectivity index (χ1v) is 5.38. The largest absolute Gasteiger partial charge is 0.473 e. The van der Waals surface area contributed by atoms with Crippen LogP contribution in [0.1, 0.15) is 12.0 Å². The molecule has 1 atom stereocenters. The van der Waals surface area contributed by atoms with Gasteiger partial charge in [-0.15, -0.1) is 6.58 Å². The van der Waals surface area contributed by atoms with E-state index in [1.807, 2.05) is 36.4 Å². The third kappa shape index (κ3) is 2.70. The van der Waals surface area contributed by atoms with Crippen molar-refractivity contribution in [1.82, 2.24) is 0 Å². The van der Waals surface area contributed by atoms with Crippen LogP contribution in [-0.4, -0.2) is 25.3 Å². The Morgan fingerprint density at radius 2 is 2.25 bits per heavy atom. The molecule has 16 heavy (non-hydrogen) atoms. The molecule has 0 aliphatic carbocycles. The molecule has 0 radical (unpaired) electrons. The van der Waals surface area contributed by atoms with Crippen LogP contribution < -0.4 is 0 Å². The van der Waals surface area contributed by atoms with Crippen LogP contribution >= 0.6 is 0 Å². The predicted octanol–water partition coefficient (Wildman–Crippen LogP) is 2.38. The first-order valence-electron chi connectivity index (χ1n) is 5.38. The smallest absolute Gasteiger partial charge is 0.218 e. The standard InChI is InChI=1S/C13H15NO2/c1-2-3-9-15-12-10-16-13(14-12)11-7-5-4-6-8-11/h2,4-8,12H,1,3,9-10H2. The summed E-state index contributed by atoms with van der Waals surface area (Å²) in [5.74, 6) is 0.671. The van der Waals surface area contributed by atoms with Gasteiger partial charge in [-0.2, -0.15) is 0 Å². The van der Waals surface area contributed by atoms with Gasteiger partial charge in [0.25, 0.3) is 0 Å². The fourth-order valence-corrected chi connectivity index (χ4v) is 1.47. The van der Waals surface area contributed by atoms with Crippen LogP contribution in [0.25, 0.3) is 0 Å². The Morgan fingerprint density at radius 1 is 1.44 bits per heavy atom. The number of nitrogens with zero attached hydrogens (tertiary/aromatic N) is 1. The van der Waals surface area contributed by atoms with Crippen LogP contribution in [0.3, 0.4) is 0 Å². The fraction of sp³-hybridized carbons (Fsp3) is 0.308. The van der Waals surface area contributed by atoms with E-state index in [-0.39, 0.29) is 6.23 Å². The summed E-state index contributed by atoms with van der Waals surface area (Å²) in [6, 6.07) is 9.85. The quantitative estimate of drug-likeness (QED) is 0.560. The molecule has 1 heterocycles. The molecule has 0 saturated heterocycles. The maximum Gasteiger partial charge on any atom is 0.218 e. The molecule has 0 spiro atoms. The lowest BCUT2D eigenvalue weighted by Crippen LogP contribution is -2.11. The molecule has 0 aromatic heterocycles. The lowest BCUT2D eigenvalue weighted by atomic mass is 10.2. The summed E-state index contributed by atoms with van der Waals surface area (Å²) in [6.45, 7) is 4.78. The Labute approximate surface area is 95.4 Å². The number of benzene rings is 1. The van der Waals surface area contributed by atoms with Crippen LogP contribution in [0.4, 0.5) is 0 Å². The highest BCUT2D eigenvalue weighted by Gasteiger charge is 2.19. The molecule has 1 aliphatic heterocycles. The van der Waals surface area contributed by atoms with E-state index >= 15 is 0 Å². The topological polar surface area (TPSA) is 30.8 Å². The summed E-state index contributed by atoms with van der Waals surface area (Å²) in [5, 5.41) is 0. The second kappa shape index (κ2) is 5.47. The summed E-state index contributed by atoms with van der Waals surface area (Å²) < 4.78 is 11.0. The summed E-state index contributed by atoms with van der Waals surface area (Å²) in [6.07, 6.45) is 2.50. The van der Waals surface area contributed by atoms with Crippen LogP contribution in [0.15, 0.2) is 48.0 Å². The van der Waals surface area contributed by atoms with Crippen molar-refractivity contribution in [3.63, 3.8) is 0 Å². The summed E-state index contributed by atoms with van der Waals surface area (Å²) >= 11 is 0.